The van der Waals surface area contributed by atoms with E-state index in [1.54, 1.807) is 0 Å². The molecule has 7 nitrogen and oxygen atoms in total. The average Bonchev–Trinajstić information content (AvgIpc) is 2.89. The lowest BCUT2D eigenvalue weighted by atomic mass is 10.2. The zero-order chi connectivity index (χ0) is 26.7. The van der Waals surface area contributed by atoms with Crippen molar-refractivity contribution in [2.75, 3.05) is 13.2 Å². The number of nitro benzene ring substituents is 1. The minimum Gasteiger partial charge on any atom is -0.405 e. The summed E-state index contributed by atoms with van der Waals surface area (Å²) in [6, 6.07) is 25.2. The third-order valence-electron chi connectivity index (χ3n) is 6.78. The third-order valence-corrected chi connectivity index (χ3v) is 13.8. The molecule has 1 aliphatic heterocycles. The van der Waals surface area contributed by atoms with Gasteiger partial charge >= 0.3 is 0 Å². The number of hydrogen-bond acceptors (Lipinski definition) is 5. The maximum atomic E-state index is 13.7. The molecule has 0 fully saturated rings. The van der Waals surface area contributed by atoms with Crippen molar-refractivity contribution < 1.29 is 17.8 Å². The van der Waals surface area contributed by atoms with Gasteiger partial charge in [-0.1, -0.05) is 106 Å². The van der Waals surface area contributed by atoms with E-state index in [0.29, 0.717) is 6.42 Å². The van der Waals surface area contributed by atoms with Gasteiger partial charge in [-0.2, -0.15) is 4.31 Å². The van der Waals surface area contributed by atoms with Crippen LogP contribution in [0.5, 0.6) is 0 Å². The molecule has 1 heterocycles. The van der Waals surface area contributed by atoms with Crippen LogP contribution in [0.25, 0.3) is 0 Å². The predicted octanol–water partition coefficient (Wildman–Crippen LogP) is 4.49. The summed E-state index contributed by atoms with van der Waals surface area (Å²) in [4.78, 5) is 10.7. The Morgan fingerprint density at radius 3 is 2.03 bits per heavy atom. The van der Waals surface area contributed by atoms with Crippen LogP contribution in [0.2, 0.25) is 5.04 Å². The summed E-state index contributed by atoms with van der Waals surface area (Å²) in [6.45, 7) is 6.84. The molecule has 0 bridgehead atoms. The molecule has 194 valence electrons. The molecule has 3 aromatic rings. The van der Waals surface area contributed by atoms with Gasteiger partial charge in [0.1, 0.15) is 0 Å². The van der Waals surface area contributed by atoms with Crippen molar-refractivity contribution in [1.82, 2.24) is 4.31 Å². The van der Waals surface area contributed by atoms with Gasteiger partial charge in [-0.15, -0.1) is 0 Å². The van der Waals surface area contributed by atoms with E-state index in [0.717, 1.165) is 10.4 Å². The highest BCUT2D eigenvalue weighted by molar-refractivity contribution is 7.89. The van der Waals surface area contributed by atoms with Gasteiger partial charge in [-0.25, -0.2) is 8.42 Å². The number of rotatable bonds is 8. The molecule has 0 N–H and O–H groups in total. The monoisotopic (exact) mass is 536 g/mol. The van der Waals surface area contributed by atoms with Crippen LogP contribution in [0.3, 0.4) is 0 Å². The fourth-order valence-corrected chi connectivity index (χ4v) is 11.4. The van der Waals surface area contributed by atoms with Crippen LogP contribution in [0.4, 0.5) is 5.69 Å². The van der Waals surface area contributed by atoms with Gasteiger partial charge in [0.05, 0.1) is 17.6 Å². The minimum absolute atomic E-state index is 0.129. The molecule has 37 heavy (non-hydrogen) atoms. The van der Waals surface area contributed by atoms with Crippen LogP contribution in [-0.2, 0) is 14.4 Å². The molecule has 4 rings (SSSR count). The molecule has 0 saturated carbocycles. The molecule has 1 atom stereocenters. The summed E-state index contributed by atoms with van der Waals surface area (Å²) in [7, 11) is -7.04. The first kappa shape index (κ1) is 26.9. The molecular formula is C28H32N2O5SSi. The average molecular weight is 537 g/mol. The Bertz CT molecular complexity index is 1330. The Morgan fingerprint density at radius 1 is 0.946 bits per heavy atom. The summed E-state index contributed by atoms with van der Waals surface area (Å²) in [5, 5.41) is 13.5. The summed E-state index contributed by atoms with van der Waals surface area (Å²) < 4.78 is 35.8. The van der Waals surface area contributed by atoms with E-state index in [1.807, 2.05) is 48.6 Å². The summed E-state index contributed by atoms with van der Waals surface area (Å²) >= 11 is 0. The molecule has 0 amide bonds. The summed E-state index contributed by atoms with van der Waals surface area (Å²) in [5.74, 6) is 0. The fraction of sp³-hybridized carbons (Fsp3) is 0.286. The molecule has 9 heteroatoms. The lowest BCUT2D eigenvalue weighted by Crippen LogP contribution is -2.67. The largest absolute Gasteiger partial charge is 0.405 e. The Labute approximate surface area is 219 Å². The van der Waals surface area contributed by atoms with Crippen molar-refractivity contribution in [2.24, 2.45) is 0 Å². The summed E-state index contributed by atoms with van der Waals surface area (Å²) in [6.07, 6.45) is 4.31. The van der Waals surface area contributed by atoms with Crippen LogP contribution >= 0.6 is 0 Å². The number of para-hydroxylation sites is 1. The molecule has 0 radical (unpaired) electrons. The van der Waals surface area contributed by atoms with Crippen LogP contribution in [0.1, 0.15) is 27.2 Å². The normalized spacial score (nSPS) is 17.0. The first-order chi connectivity index (χ1) is 17.6. The quantitative estimate of drug-likeness (QED) is 0.183. The van der Waals surface area contributed by atoms with Crippen LogP contribution in [0.15, 0.2) is 102 Å². The van der Waals surface area contributed by atoms with Crippen LogP contribution in [-0.4, -0.2) is 45.2 Å². The first-order valence-corrected chi connectivity index (χ1v) is 15.6. The Balaban J connectivity index is 1.76. The van der Waals surface area contributed by atoms with E-state index in [-0.39, 0.29) is 23.1 Å². The van der Waals surface area contributed by atoms with E-state index in [1.165, 1.54) is 28.6 Å². The SMILES string of the molecule is CC(C)(C)[Si](OC[C@@H]1C=CCCN1S(=O)(=O)c1ccccc1[N+](=O)[O-])(c1ccccc1)c1ccccc1. The smallest absolute Gasteiger partial charge is 0.289 e. The molecule has 0 spiro atoms. The van der Waals surface area contributed by atoms with Gasteiger partial charge in [0, 0.05) is 12.6 Å². The van der Waals surface area contributed by atoms with Crippen molar-refractivity contribution in [1.29, 1.82) is 0 Å². The second-order valence-corrected chi connectivity index (χ2v) is 16.3. The molecule has 0 aromatic heterocycles. The maximum absolute atomic E-state index is 13.7. The number of nitrogens with zero attached hydrogens (tertiary/aromatic N) is 2. The number of nitro groups is 1. The zero-order valence-corrected chi connectivity index (χ0v) is 23.1. The highest BCUT2D eigenvalue weighted by Gasteiger charge is 2.51. The fourth-order valence-electron chi connectivity index (χ4n) is 5.08. The van der Waals surface area contributed by atoms with Crippen molar-refractivity contribution in [3.63, 3.8) is 0 Å². The van der Waals surface area contributed by atoms with Crippen molar-refractivity contribution in [2.45, 2.75) is 43.2 Å². The van der Waals surface area contributed by atoms with Crippen LogP contribution < -0.4 is 10.4 Å². The van der Waals surface area contributed by atoms with Gasteiger partial charge in [-0.05, 0) is 27.9 Å². The number of hydrogen-bond donors (Lipinski definition) is 0. The number of sulfonamides is 1. The molecule has 3 aromatic carbocycles. The Morgan fingerprint density at radius 2 is 1.49 bits per heavy atom. The van der Waals surface area contributed by atoms with Crippen LogP contribution in [0, 0.1) is 10.1 Å². The van der Waals surface area contributed by atoms with E-state index in [2.05, 4.69) is 45.0 Å². The van der Waals surface area contributed by atoms with E-state index >= 15 is 0 Å². The Hall–Kier alpha value is -3.11. The first-order valence-electron chi connectivity index (χ1n) is 12.3. The summed E-state index contributed by atoms with van der Waals surface area (Å²) in [5.41, 5.74) is -0.427. The van der Waals surface area contributed by atoms with Crippen molar-refractivity contribution in [3.05, 3.63) is 107 Å². The lowest BCUT2D eigenvalue weighted by Gasteiger charge is -2.44. The minimum atomic E-state index is -4.14. The third kappa shape index (κ3) is 5.17. The standard InChI is InChI=1S/C28H32N2O5SSi/c1-28(2,3)37(24-15-6-4-7-16-24,25-17-8-5-9-18-25)35-22-23-14-12-13-21-29(23)36(33,34)27-20-11-10-19-26(27)30(31)32/h4-12,14-20,23H,13,21-22H2,1-3H3/t23-/m0/s1. The van der Waals surface area contributed by atoms with Crippen molar-refractivity contribution >= 4 is 34.4 Å². The molecule has 0 aliphatic carbocycles. The molecule has 1 aliphatic rings. The molecule has 0 saturated heterocycles. The highest BCUT2D eigenvalue weighted by Crippen LogP contribution is 2.37. The van der Waals surface area contributed by atoms with Gasteiger partial charge < -0.3 is 4.43 Å². The predicted molar refractivity (Wildman–Crippen MR) is 148 cm³/mol. The van der Waals surface area contributed by atoms with Crippen molar-refractivity contribution in [3.8, 4) is 0 Å². The second-order valence-electron chi connectivity index (χ2n) is 10.1. The van der Waals surface area contributed by atoms with Gasteiger partial charge in [-0.3, -0.25) is 10.1 Å². The van der Waals surface area contributed by atoms with E-state index < -0.39 is 35.0 Å². The zero-order valence-electron chi connectivity index (χ0n) is 21.3. The van der Waals surface area contributed by atoms with E-state index in [9.17, 15) is 18.5 Å². The highest BCUT2D eigenvalue weighted by atomic mass is 32.2. The van der Waals surface area contributed by atoms with E-state index in [4.69, 9.17) is 4.43 Å². The molecule has 0 unspecified atom stereocenters. The van der Waals surface area contributed by atoms with Gasteiger partial charge in [0.25, 0.3) is 24.0 Å². The lowest BCUT2D eigenvalue weighted by molar-refractivity contribution is -0.387. The maximum Gasteiger partial charge on any atom is 0.289 e. The van der Waals surface area contributed by atoms with Gasteiger partial charge in [0.2, 0.25) is 0 Å². The van der Waals surface area contributed by atoms with Gasteiger partial charge in [0.15, 0.2) is 4.90 Å². The number of benzene rings is 3. The Kier molecular flexibility index (Phi) is 7.79. The topological polar surface area (TPSA) is 89.8 Å². The second kappa shape index (κ2) is 10.7. The molecular weight excluding hydrogens is 504 g/mol.